The fourth-order valence-corrected chi connectivity index (χ4v) is 3.23. The minimum atomic E-state index is -3.14. The van der Waals surface area contributed by atoms with E-state index < -0.39 is 9.84 Å². The quantitative estimate of drug-likeness (QED) is 0.832. The summed E-state index contributed by atoms with van der Waals surface area (Å²) < 4.78 is 33.6. The Morgan fingerprint density at radius 3 is 2.40 bits per heavy atom. The monoisotopic (exact) mass is 321 g/mol. The Balaban J connectivity index is 3.29. The molecule has 0 spiro atoms. The van der Waals surface area contributed by atoms with Gasteiger partial charge in [0.2, 0.25) is 0 Å². The van der Waals surface area contributed by atoms with Crippen LogP contribution < -0.4 is 14.8 Å². The molecule has 7 heteroatoms. The fraction of sp³-hybridized carbons (Fsp3) is 0.538. The topological polar surface area (TPSA) is 64.6 Å². The normalized spacial score (nSPS) is 13.1. The predicted molar refractivity (Wildman–Crippen MR) is 80.7 cm³/mol. The fourth-order valence-electron chi connectivity index (χ4n) is 2.00. The van der Waals surface area contributed by atoms with E-state index in [9.17, 15) is 8.42 Å². The Morgan fingerprint density at radius 2 is 1.95 bits per heavy atom. The van der Waals surface area contributed by atoms with Crippen LogP contribution in [0.25, 0.3) is 0 Å². The van der Waals surface area contributed by atoms with Gasteiger partial charge in [0, 0.05) is 17.9 Å². The Hall–Kier alpha value is -0.980. The maximum atomic E-state index is 11.6. The zero-order valence-electron chi connectivity index (χ0n) is 12.1. The van der Waals surface area contributed by atoms with Crippen LogP contribution in [0.3, 0.4) is 0 Å². The van der Waals surface area contributed by atoms with E-state index in [1.165, 1.54) is 20.5 Å². The number of ether oxygens (including phenoxy) is 2. The lowest BCUT2D eigenvalue weighted by molar-refractivity contribution is 0.387. The van der Waals surface area contributed by atoms with E-state index in [-0.39, 0.29) is 11.8 Å². The summed E-state index contributed by atoms with van der Waals surface area (Å²) in [5.74, 6) is 0.891. The van der Waals surface area contributed by atoms with Crippen LogP contribution in [-0.4, -0.2) is 41.2 Å². The second-order valence-electron chi connectivity index (χ2n) is 4.41. The molecule has 1 rings (SSSR count). The smallest absolute Gasteiger partial charge is 0.149 e. The van der Waals surface area contributed by atoms with Gasteiger partial charge < -0.3 is 14.8 Å². The van der Waals surface area contributed by atoms with Crippen molar-refractivity contribution >= 4 is 21.4 Å². The van der Waals surface area contributed by atoms with Crippen LogP contribution in [0.1, 0.15) is 18.5 Å². The van der Waals surface area contributed by atoms with Crippen LogP contribution in [0, 0.1) is 0 Å². The molecule has 0 aromatic heterocycles. The third-order valence-electron chi connectivity index (χ3n) is 2.81. The summed E-state index contributed by atoms with van der Waals surface area (Å²) in [4.78, 5) is 0. The van der Waals surface area contributed by atoms with Crippen molar-refractivity contribution in [2.24, 2.45) is 0 Å². The summed E-state index contributed by atoms with van der Waals surface area (Å²) in [6.07, 6.45) is 1.20. The SMILES string of the molecule is CCNC(CS(C)(=O)=O)c1ccc(OC)c(Cl)c1OC. The Bertz CT molecular complexity index is 560. The van der Waals surface area contributed by atoms with E-state index in [0.717, 1.165) is 0 Å². The summed E-state index contributed by atoms with van der Waals surface area (Å²) in [6, 6.07) is 3.09. The maximum absolute atomic E-state index is 11.6. The van der Waals surface area contributed by atoms with Crippen molar-refractivity contribution in [1.82, 2.24) is 5.32 Å². The number of sulfone groups is 1. The molecule has 20 heavy (non-hydrogen) atoms. The second kappa shape index (κ2) is 7.15. The van der Waals surface area contributed by atoms with Crippen molar-refractivity contribution in [3.63, 3.8) is 0 Å². The van der Waals surface area contributed by atoms with Crippen LogP contribution in [0.4, 0.5) is 0 Å². The summed E-state index contributed by atoms with van der Waals surface area (Å²) in [6.45, 7) is 2.54. The third kappa shape index (κ3) is 4.26. The van der Waals surface area contributed by atoms with Gasteiger partial charge in [0.05, 0.1) is 20.0 Å². The predicted octanol–water partition coefficient (Wildman–Crippen LogP) is 2.05. The Labute approximate surface area is 125 Å². The molecule has 0 fully saturated rings. The largest absolute Gasteiger partial charge is 0.495 e. The molecule has 114 valence electrons. The molecule has 1 aromatic carbocycles. The van der Waals surface area contributed by atoms with Crippen molar-refractivity contribution < 1.29 is 17.9 Å². The van der Waals surface area contributed by atoms with Gasteiger partial charge >= 0.3 is 0 Å². The zero-order chi connectivity index (χ0) is 15.3. The molecule has 1 aromatic rings. The van der Waals surface area contributed by atoms with E-state index in [2.05, 4.69) is 5.32 Å². The van der Waals surface area contributed by atoms with Crippen molar-refractivity contribution in [3.8, 4) is 11.5 Å². The van der Waals surface area contributed by atoms with E-state index in [1.807, 2.05) is 6.92 Å². The van der Waals surface area contributed by atoms with E-state index in [4.69, 9.17) is 21.1 Å². The highest BCUT2D eigenvalue weighted by Gasteiger charge is 2.23. The van der Waals surface area contributed by atoms with Gasteiger partial charge in [0.1, 0.15) is 26.4 Å². The molecule has 5 nitrogen and oxygen atoms in total. The van der Waals surface area contributed by atoms with Gasteiger partial charge in [-0.15, -0.1) is 0 Å². The van der Waals surface area contributed by atoms with Gasteiger partial charge in [-0.3, -0.25) is 0 Å². The lowest BCUT2D eigenvalue weighted by Crippen LogP contribution is -2.28. The second-order valence-corrected chi connectivity index (χ2v) is 6.97. The molecular weight excluding hydrogens is 302 g/mol. The first-order valence-corrected chi connectivity index (χ1v) is 8.59. The van der Waals surface area contributed by atoms with Crippen molar-refractivity contribution in [2.45, 2.75) is 13.0 Å². The highest BCUT2D eigenvalue weighted by molar-refractivity contribution is 7.90. The summed E-state index contributed by atoms with van der Waals surface area (Å²) >= 11 is 6.20. The molecule has 0 aliphatic rings. The minimum absolute atomic E-state index is 0.0279. The van der Waals surface area contributed by atoms with Crippen LogP contribution >= 0.6 is 11.6 Å². The molecule has 1 N–H and O–H groups in total. The Morgan fingerprint density at radius 1 is 1.30 bits per heavy atom. The molecular formula is C13H20ClNO4S. The lowest BCUT2D eigenvalue weighted by atomic mass is 10.1. The van der Waals surface area contributed by atoms with E-state index >= 15 is 0 Å². The highest BCUT2D eigenvalue weighted by atomic mass is 35.5. The van der Waals surface area contributed by atoms with E-state index in [1.54, 1.807) is 12.1 Å². The van der Waals surface area contributed by atoms with Gasteiger partial charge in [-0.05, 0) is 18.7 Å². The minimum Gasteiger partial charge on any atom is -0.495 e. The molecule has 1 atom stereocenters. The number of hydrogen-bond acceptors (Lipinski definition) is 5. The molecule has 0 amide bonds. The Kier molecular flexibility index (Phi) is 6.10. The molecule has 0 saturated heterocycles. The standard InChI is InChI=1S/C13H20ClNO4S/c1-5-15-10(8-20(4,16)17)9-6-7-11(18-2)12(14)13(9)19-3/h6-7,10,15H,5,8H2,1-4H3. The number of halogens is 1. The van der Waals surface area contributed by atoms with Gasteiger partial charge in [0.15, 0.2) is 0 Å². The van der Waals surface area contributed by atoms with Crippen LogP contribution in [-0.2, 0) is 9.84 Å². The summed E-state index contributed by atoms with van der Waals surface area (Å²) in [5, 5.41) is 3.47. The lowest BCUT2D eigenvalue weighted by Gasteiger charge is -2.21. The molecule has 0 aliphatic heterocycles. The van der Waals surface area contributed by atoms with Gasteiger partial charge in [-0.1, -0.05) is 18.5 Å². The number of benzene rings is 1. The zero-order valence-corrected chi connectivity index (χ0v) is 13.6. The van der Waals surface area contributed by atoms with Crippen molar-refractivity contribution in [2.75, 3.05) is 32.8 Å². The van der Waals surface area contributed by atoms with Crippen LogP contribution in [0.5, 0.6) is 11.5 Å². The summed E-state index contributed by atoms with van der Waals surface area (Å²) in [5.41, 5.74) is 0.700. The first-order valence-electron chi connectivity index (χ1n) is 6.15. The average molecular weight is 322 g/mol. The molecule has 0 heterocycles. The van der Waals surface area contributed by atoms with Crippen LogP contribution in [0.15, 0.2) is 12.1 Å². The van der Waals surface area contributed by atoms with E-state index in [0.29, 0.717) is 28.6 Å². The number of rotatable bonds is 7. The number of nitrogens with one attached hydrogen (secondary N) is 1. The first kappa shape index (κ1) is 17.1. The molecule has 0 aliphatic carbocycles. The molecule has 0 saturated carbocycles. The maximum Gasteiger partial charge on any atom is 0.149 e. The molecule has 0 bridgehead atoms. The van der Waals surface area contributed by atoms with Crippen molar-refractivity contribution in [3.05, 3.63) is 22.7 Å². The number of methoxy groups -OCH3 is 2. The number of hydrogen-bond donors (Lipinski definition) is 1. The third-order valence-corrected chi connectivity index (χ3v) is 4.11. The van der Waals surface area contributed by atoms with Gasteiger partial charge in [-0.2, -0.15) is 0 Å². The molecule has 0 radical (unpaired) electrons. The molecule has 1 unspecified atom stereocenters. The average Bonchev–Trinajstić information content (AvgIpc) is 2.36. The van der Waals surface area contributed by atoms with Crippen molar-refractivity contribution in [1.29, 1.82) is 0 Å². The summed E-state index contributed by atoms with van der Waals surface area (Å²) in [7, 11) is -0.133. The van der Waals surface area contributed by atoms with Crippen LogP contribution in [0.2, 0.25) is 5.02 Å². The van der Waals surface area contributed by atoms with Gasteiger partial charge in [0.25, 0.3) is 0 Å². The van der Waals surface area contributed by atoms with Gasteiger partial charge in [-0.25, -0.2) is 8.42 Å². The highest BCUT2D eigenvalue weighted by Crippen LogP contribution is 2.39. The first-order chi connectivity index (χ1) is 9.34.